The van der Waals surface area contributed by atoms with Gasteiger partial charge in [0, 0.05) is 5.69 Å². The van der Waals surface area contributed by atoms with Crippen molar-refractivity contribution in [1.82, 2.24) is 5.32 Å². The summed E-state index contributed by atoms with van der Waals surface area (Å²) in [5.41, 5.74) is 3.10. The first kappa shape index (κ1) is 18.9. The van der Waals surface area contributed by atoms with Crippen molar-refractivity contribution < 1.29 is 9.21 Å². The Hall–Kier alpha value is -2.85. The minimum absolute atomic E-state index is 0.0711. The van der Waals surface area contributed by atoms with Gasteiger partial charge in [-0.25, -0.2) is 0 Å². The van der Waals surface area contributed by atoms with Gasteiger partial charge in [-0.3, -0.25) is 10.1 Å². The van der Waals surface area contributed by atoms with Gasteiger partial charge in [0.25, 0.3) is 0 Å². The van der Waals surface area contributed by atoms with Crippen molar-refractivity contribution in [3.8, 4) is 0 Å². The maximum absolute atomic E-state index is 12.6. The Morgan fingerprint density at radius 3 is 2.44 bits per heavy atom. The molecule has 0 aliphatic carbocycles. The van der Waals surface area contributed by atoms with Crippen LogP contribution in [0.1, 0.15) is 49.1 Å². The van der Waals surface area contributed by atoms with Gasteiger partial charge in [-0.15, -0.1) is 0 Å². The third-order valence-electron chi connectivity index (χ3n) is 4.81. The van der Waals surface area contributed by atoms with Gasteiger partial charge < -0.3 is 9.73 Å². The lowest BCUT2D eigenvalue weighted by Crippen LogP contribution is -2.32. The second-order valence-corrected chi connectivity index (χ2v) is 6.68. The van der Waals surface area contributed by atoms with Gasteiger partial charge in [-0.05, 0) is 41.7 Å². The van der Waals surface area contributed by atoms with Crippen LogP contribution in [0.15, 0.2) is 77.4 Å². The Morgan fingerprint density at radius 1 is 1.00 bits per heavy atom. The Balaban J connectivity index is 1.69. The zero-order valence-electron chi connectivity index (χ0n) is 15.8. The van der Waals surface area contributed by atoms with Crippen LogP contribution < -0.4 is 10.6 Å². The highest BCUT2D eigenvalue weighted by Gasteiger charge is 2.18. The number of carbonyl (C=O) groups is 1. The van der Waals surface area contributed by atoms with Crippen molar-refractivity contribution in [2.45, 2.75) is 32.2 Å². The first-order valence-electron chi connectivity index (χ1n) is 9.39. The summed E-state index contributed by atoms with van der Waals surface area (Å²) in [5, 5.41) is 6.36. The van der Waals surface area contributed by atoms with Gasteiger partial charge in [-0.1, -0.05) is 62.4 Å². The lowest BCUT2D eigenvalue weighted by atomic mass is 9.97. The quantitative estimate of drug-likeness (QED) is 0.585. The molecule has 0 bridgehead atoms. The molecule has 3 aromatic rings. The molecule has 0 saturated carbocycles. The van der Waals surface area contributed by atoms with E-state index in [1.165, 1.54) is 5.56 Å². The van der Waals surface area contributed by atoms with Crippen LogP contribution in [-0.2, 0) is 4.79 Å². The SMILES string of the molecule is CC[C@@H](C)c1ccccc1NC(=O)CN[C@H](c1ccccc1)c1ccco1. The molecule has 1 amide bonds. The molecule has 2 N–H and O–H groups in total. The van der Waals surface area contributed by atoms with Crippen LogP contribution >= 0.6 is 0 Å². The molecule has 2 aromatic carbocycles. The highest BCUT2D eigenvalue weighted by atomic mass is 16.3. The van der Waals surface area contributed by atoms with Crippen molar-refractivity contribution in [3.63, 3.8) is 0 Å². The number of carbonyl (C=O) groups excluding carboxylic acids is 1. The van der Waals surface area contributed by atoms with Crippen molar-refractivity contribution in [3.05, 3.63) is 89.9 Å². The average molecular weight is 362 g/mol. The van der Waals surface area contributed by atoms with E-state index in [2.05, 4.69) is 30.5 Å². The number of amides is 1. The second kappa shape index (κ2) is 9.19. The molecule has 0 radical (unpaired) electrons. The molecule has 0 spiro atoms. The number of para-hydroxylation sites is 1. The summed E-state index contributed by atoms with van der Waals surface area (Å²) in [6.07, 6.45) is 2.68. The summed E-state index contributed by atoms with van der Waals surface area (Å²) in [6, 6.07) is 21.6. The fraction of sp³-hybridized carbons (Fsp3) is 0.261. The molecule has 0 aliphatic rings. The fourth-order valence-electron chi connectivity index (χ4n) is 3.13. The number of hydrogen-bond donors (Lipinski definition) is 2. The highest BCUT2D eigenvalue weighted by Crippen LogP contribution is 2.26. The molecule has 4 heteroatoms. The van der Waals surface area contributed by atoms with Crippen LogP contribution in [-0.4, -0.2) is 12.5 Å². The minimum Gasteiger partial charge on any atom is -0.467 e. The summed E-state index contributed by atoms with van der Waals surface area (Å²) >= 11 is 0. The number of rotatable bonds is 8. The molecule has 140 valence electrons. The Kier molecular flexibility index (Phi) is 6.44. The zero-order chi connectivity index (χ0) is 19.1. The summed E-state index contributed by atoms with van der Waals surface area (Å²) in [7, 11) is 0. The molecule has 27 heavy (non-hydrogen) atoms. The van der Waals surface area contributed by atoms with Crippen LogP contribution in [0.25, 0.3) is 0 Å². The third kappa shape index (κ3) is 4.86. The smallest absolute Gasteiger partial charge is 0.238 e. The summed E-state index contributed by atoms with van der Waals surface area (Å²) in [6.45, 7) is 4.51. The van der Waals surface area contributed by atoms with E-state index < -0.39 is 0 Å². The first-order chi connectivity index (χ1) is 13.2. The van der Waals surface area contributed by atoms with E-state index >= 15 is 0 Å². The predicted octanol–water partition coefficient (Wildman–Crippen LogP) is 5.11. The number of hydrogen-bond acceptors (Lipinski definition) is 3. The van der Waals surface area contributed by atoms with Gasteiger partial charge in [0.05, 0.1) is 18.8 Å². The van der Waals surface area contributed by atoms with Crippen LogP contribution in [0.2, 0.25) is 0 Å². The van der Waals surface area contributed by atoms with Gasteiger partial charge >= 0.3 is 0 Å². The van der Waals surface area contributed by atoms with Crippen LogP contribution in [0.5, 0.6) is 0 Å². The van der Waals surface area contributed by atoms with Crippen molar-refractivity contribution in [2.24, 2.45) is 0 Å². The summed E-state index contributed by atoms with van der Waals surface area (Å²) in [4.78, 5) is 12.6. The minimum atomic E-state index is -0.170. The predicted molar refractivity (Wildman–Crippen MR) is 109 cm³/mol. The Bertz CT molecular complexity index is 844. The second-order valence-electron chi connectivity index (χ2n) is 6.68. The summed E-state index contributed by atoms with van der Waals surface area (Å²) in [5.74, 6) is 1.11. The molecule has 1 heterocycles. The molecule has 1 aromatic heterocycles. The third-order valence-corrected chi connectivity index (χ3v) is 4.81. The number of nitrogens with one attached hydrogen (secondary N) is 2. The maximum Gasteiger partial charge on any atom is 0.238 e. The molecule has 0 unspecified atom stereocenters. The van der Waals surface area contributed by atoms with E-state index in [1.54, 1.807) is 6.26 Å². The molecule has 0 fully saturated rings. The molecule has 2 atom stereocenters. The highest BCUT2D eigenvalue weighted by molar-refractivity contribution is 5.93. The van der Waals surface area contributed by atoms with Crippen molar-refractivity contribution >= 4 is 11.6 Å². The first-order valence-corrected chi connectivity index (χ1v) is 9.39. The standard InChI is InChI=1S/C23H26N2O2/c1-3-17(2)19-12-7-8-13-20(19)25-22(26)16-24-23(21-14-9-15-27-21)18-10-5-4-6-11-18/h4-15,17,23-24H,3,16H2,1-2H3,(H,25,26)/t17-,23-/m1/s1. The van der Waals surface area contributed by atoms with Gasteiger partial charge in [-0.2, -0.15) is 0 Å². The normalized spacial score (nSPS) is 13.1. The molecule has 3 rings (SSSR count). The maximum atomic E-state index is 12.6. The van der Waals surface area contributed by atoms with Gasteiger partial charge in [0.1, 0.15) is 5.76 Å². The lowest BCUT2D eigenvalue weighted by Gasteiger charge is -2.18. The van der Waals surface area contributed by atoms with E-state index in [0.29, 0.717) is 5.92 Å². The van der Waals surface area contributed by atoms with Crippen molar-refractivity contribution in [1.29, 1.82) is 0 Å². The largest absolute Gasteiger partial charge is 0.467 e. The molecule has 0 aliphatic heterocycles. The topological polar surface area (TPSA) is 54.3 Å². The number of benzene rings is 2. The van der Waals surface area contributed by atoms with Crippen molar-refractivity contribution in [2.75, 3.05) is 11.9 Å². The van der Waals surface area contributed by atoms with E-state index in [0.717, 1.165) is 23.4 Å². The Labute approximate surface area is 160 Å². The molecule has 0 saturated heterocycles. The van der Waals surface area contributed by atoms with Crippen LogP contribution in [0.4, 0.5) is 5.69 Å². The monoisotopic (exact) mass is 362 g/mol. The van der Waals surface area contributed by atoms with E-state index in [9.17, 15) is 4.79 Å². The van der Waals surface area contributed by atoms with Gasteiger partial charge in [0.2, 0.25) is 5.91 Å². The summed E-state index contributed by atoms with van der Waals surface area (Å²) < 4.78 is 5.57. The number of anilines is 1. The van der Waals surface area contributed by atoms with Crippen LogP contribution in [0.3, 0.4) is 0 Å². The lowest BCUT2D eigenvalue weighted by molar-refractivity contribution is -0.115. The number of furan rings is 1. The fourth-order valence-corrected chi connectivity index (χ4v) is 3.13. The molecular weight excluding hydrogens is 336 g/mol. The zero-order valence-corrected chi connectivity index (χ0v) is 15.8. The van der Waals surface area contributed by atoms with Crippen LogP contribution in [0, 0.1) is 0 Å². The van der Waals surface area contributed by atoms with E-state index in [1.807, 2.05) is 60.7 Å². The Morgan fingerprint density at radius 2 is 1.74 bits per heavy atom. The van der Waals surface area contributed by atoms with E-state index in [-0.39, 0.29) is 18.5 Å². The van der Waals surface area contributed by atoms with Gasteiger partial charge in [0.15, 0.2) is 0 Å². The average Bonchev–Trinajstić information content (AvgIpc) is 3.23. The molecular formula is C23H26N2O2. The molecule has 4 nitrogen and oxygen atoms in total. The van der Waals surface area contributed by atoms with E-state index in [4.69, 9.17) is 4.42 Å².